The van der Waals surface area contributed by atoms with Gasteiger partial charge in [0, 0.05) is 19.7 Å². The highest BCUT2D eigenvalue weighted by atomic mass is 16.3. The van der Waals surface area contributed by atoms with E-state index in [1.165, 1.54) is 0 Å². The molecule has 1 fully saturated rings. The third-order valence-corrected chi connectivity index (χ3v) is 3.20. The van der Waals surface area contributed by atoms with Crippen LogP contribution in [0.5, 0.6) is 0 Å². The van der Waals surface area contributed by atoms with Crippen molar-refractivity contribution in [3.05, 3.63) is 29.7 Å². The number of nitrogens with one attached hydrogen (secondary N) is 3. The Morgan fingerprint density at radius 3 is 2.95 bits per heavy atom. The summed E-state index contributed by atoms with van der Waals surface area (Å²) in [4.78, 5) is 23.7. The Labute approximate surface area is 120 Å². The number of hydrogen-bond acceptors (Lipinski definition) is 5. The van der Waals surface area contributed by atoms with Gasteiger partial charge in [0.2, 0.25) is 0 Å². The highest BCUT2D eigenvalue weighted by Crippen LogP contribution is 2.20. The third-order valence-electron chi connectivity index (χ3n) is 3.20. The van der Waals surface area contributed by atoms with Gasteiger partial charge in [0.25, 0.3) is 11.8 Å². The molecule has 8 heteroatoms. The number of carbonyl (C=O) groups is 2. The van der Waals surface area contributed by atoms with Gasteiger partial charge >= 0.3 is 0 Å². The molecule has 2 aromatic rings. The highest BCUT2D eigenvalue weighted by Gasteiger charge is 2.30. The fourth-order valence-corrected chi connectivity index (χ4v) is 2.16. The maximum Gasteiger partial charge on any atom is 0.272 e. The molecule has 0 radical (unpaired) electrons. The van der Waals surface area contributed by atoms with Crippen molar-refractivity contribution < 1.29 is 14.0 Å². The fraction of sp³-hybridized carbons (Fsp3) is 0.308. The van der Waals surface area contributed by atoms with Crippen LogP contribution in [0.25, 0.3) is 11.5 Å². The average Bonchev–Trinajstić information content (AvgIpc) is 3.11. The van der Waals surface area contributed by atoms with Gasteiger partial charge in [0.1, 0.15) is 17.5 Å². The van der Waals surface area contributed by atoms with Gasteiger partial charge in [-0.15, -0.1) is 0 Å². The summed E-state index contributed by atoms with van der Waals surface area (Å²) in [7, 11) is 1.73. The van der Waals surface area contributed by atoms with Crippen LogP contribution in [-0.4, -0.2) is 46.7 Å². The zero-order valence-corrected chi connectivity index (χ0v) is 11.6. The van der Waals surface area contributed by atoms with Crippen LogP contribution < -0.4 is 10.7 Å². The molecule has 110 valence electrons. The predicted octanol–water partition coefficient (Wildman–Crippen LogP) is 0.0531. The number of aromatic nitrogens is 2. The second-order valence-electron chi connectivity index (χ2n) is 4.96. The lowest BCUT2D eigenvalue weighted by atomic mass is 10.2. The van der Waals surface area contributed by atoms with Gasteiger partial charge in [0.15, 0.2) is 11.5 Å². The fourth-order valence-electron chi connectivity index (χ4n) is 2.16. The minimum absolute atomic E-state index is 0.210. The first kappa shape index (κ1) is 13.4. The van der Waals surface area contributed by atoms with Crippen LogP contribution in [0.2, 0.25) is 0 Å². The summed E-state index contributed by atoms with van der Waals surface area (Å²) in [5.74, 6) is 0.744. The minimum atomic E-state index is -0.575. The predicted molar refractivity (Wildman–Crippen MR) is 73.1 cm³/mol. The summed E-state index contributed by atoms with van der Waals surface area (Å²) in [5.41, 5.74) is 3.42. The third kappa shape index (κ3) is 2.65. The number of aryl methyl sites for hydroxylation is 1. The Kier molecular flexibility index (Phi) is 3.22. The smallest absolute Gasteiger partial charge is 0.272 e. The molecule has 3 rings (SSSR count). The number of likely N-dealkylation sites (N-methyl/N-ethyl adjacent to an activating group) is 1. The van der Waals surface area contributed by atoms with Gasteiger partial charge in [0.05, 0.1) is 0 Å². The number of amides is 2. The molecule has 3 heterocycles. The second kappa shape index (κ2) is 5.06. The molecular formula is C13H15N5O3. The van der Waals surface area contributed by atoms with E-state index in [9.17, 15) is 9.59 Å². The molecule has 0 aromatic carbocycles. The molecule has 0 aliphatic carbocycles. The van der Waals surface area contributed by atoms with Crippen LogP contribution in [-0.2, 0) is 4.79 Å². The minimum Gasteiger partial charge on any atom is -0.460 e. The van der Waals surface area contributed by atoms with E-state index < -0.39 is 11.9 Å². The van der Waals surface area contributed by atoms with Crippen molar-refractivity contribution in [2.75, 3.05) is 13.6 Å². The lowest BCUT2D eigenvalue weighted by Crippen LogP contribution is -2.41. The highest BCUT2D eigenvalue weighted by molar-refractivity contribution is 5.97. The second-order valence-corrected chi connectivity index (χ2v) is 4.96. The summed E-state index contributed by atoms with van der Waals surface area (Å²) < 4.78 is 5.45. The maximum absolute atomic E-state index is 12.1. The number of furan rings is 1. The normalized spacial score (nSPS) is 18.8. The molecule has 0 saturated carbocycles. The Bertz CT molecular complexity index is 690. The number of H-pyrrole nitrogens is 1. The number of nitrogens with zero attached hydrogens (tertiary/aromatic N) is 2. The maximum atomic E-state index is 12.1. The van der Waals surface area contributed by atoms with E-state index >= 15 is 0 Å². The van der Waals surface area contributed by atoms with E-state index in [1.807, 2.05) is 13.0 Å². The van der Waals surface area contributed by atoms with E-state index in [2.05, 4.69) is 20.9 Å². The van der Waals surface area contributed by atoms with Gasteiger partial charge < -0.3 is 9.73 Å². The quantitative estimate of drug-likeness (QED) is 0.741. The number of hydrazine groups is 1. The van der Waals surface area contributed by atoms with Gasteiger partial charge in [-0.05, 0) is 19.1 Å². The van der Waals surface area contributed by atoms with Crippen LogP contribution in [0, 0.1) is 6.92 Å². The van der Waals surface area contributed by atoms with Crippen molar-refractivity contribution in [3.63, 3.8) is 0 Å². The average molecular weight is 289 g/mol. The van der Waals surface area contributed by atoms with E-state index in [4.69, 9.17) is 4.42 Å². The van der Waals surface area contributed by atoms with Crippen LogP contribution in [0.4, 0.5) is 0 Å². The Morgan fingerprint density at radius 2 is 2.33 bits per heavy atom. The van der Waals surface area contributed by atoms with Crippen LogP contribution in [0.15, 0.2) is 22.6 Å². The summed E-state index contributed by atoms with van der Waals surface area (Å²) in [6.45, 7) is 2.25. The van der Waals surface area contributed by atoms with Crippen molar-refractivity contribution >= 4 is 11.8 Å². The van der Waals surface area contributed by atoms with Crippen molar-refractivity contribution in [2.45, 2.75) is 13.0 Å². The summed E-state index contributed by atoms with van der Waals surface area (Å²) in [5, 5.41) is 11.0. The Hall–Kier alpha value is -2.61. The van der Waals surface area contributed by atoms with Crippen LogP contribution in [0.1, 0.15) is 16.2 Å². The molecule has 0 spiro atoms. The molecule has 0 bridgehead atoms. The van der Waals surface area contributed by atoms with Crippen molar-refractivity contribution in [1.82, 2.24) is 25.9 Å². The van der Waals surface area contributed by atoms with Crippen molar-refractivity contribution in [2.24, 2.45) is 0 Å². The number of hydrogen-bond donors (Lipinski definition) is 3. The topological polar surface area (TPSA) is 103 Å². The molecule has 21 heavy (non-hydrogen) atoms. The van der Waals surface area contributed by atoms with Gasteiger partial charge in [-0.2, -0.15) is 5.10 Å². The molecule has 1 aliphatic rings. The first-order valence-corrected chi connectivity index (χ1v) is 6.47. The van der Waals surface area contributed by atoms with E-state index in [0.29, 0.717) is 18.0 Å². The number of carbonyl (C=O) groups excluding carboxylic acids is 2. The van der Waals surface area contributed by atoms with Crippen molar-refractivity contribution in [3.8, 4) is 11.5 Å². The van der Waals surface area contributed by atoms with E-state index in [1.54, 1.807) is 24.2 Å². The molecule has 2 aromatic heterocycles. The standard InChI is InChI=1S/C13H15N5O3/c1-7-3-4-11(21-7)8-5-9(16-15-8)12(19)14-10-6-18(2)17-13(10)20/h3-5,10H,6H2,1-2H3,(H,14,19)(H,15,16)(H,17,20)/t10-/m1/s1. The monoisotopic (exact) mass is 289 g/mol. The molecule has 8 nitrogen and oxygen atoms in total. The summed E-state index contributed by atoms with van der Waals surface area (Å²) in [6, 6.07) is 4.64. The first-order chi connectivity index (χ1) is 10.0. The van der Waals surface area contributed by atoms with E-state index in [-0.39, 0.29) is 11.6 Å². The molecule has 2 amide bonds. The Balaban J connectivity index is 1.71. The lowest BCUT2D eigenvalue weighted by Gasteiger charge is -2.07. The zero-order valence-electron chi connectivity index (χ0n) is 11.6. The summed E-state index contributed by atoms with van der Waals surface area (Å²) >= 11 is 0. The van der Waals surface area contributed by atoms with Crippen LogP contribution >= 0.6 is 0 Å². The molecule has 1 saturated heterocycles. The lowest BCUT2D eigenvalue weighted by molar-refractivity contribution is -0.122. The SMILES string of the molecule is Cc1ccc(-c2cc(C(=O)N[C@@H]3CN(C)NC3=O)n[nH]2)o1. The van der Waals surface area contributed by atoms with Crippen LogP contribution in [0.3, 0.4) is 0 Å². The zero-order chi connectivity index (χ0) is 15.0. The number of rotatable bonds is 3. The molecular weight excluding hydrogens is 274 g/mol. The molecule has 0 unspecified atom stereocenters. The van der Waals surface area contributed by atoms with Gasteiger partial charge in [-0.1, -0.05) is 0 Å². The molecule has 1 atom stereocenters. The largest absolute Gasteiger partial charge is 0.460 e. The first-order valence-electron chi connectivity index (χ1n) is 6.47. The number of aromatic amines is 1. The van der Waals surface area contributed by atoms with E-state index in [0.717, 1.165) is 5.76 Å². The van der Waals surface area contributed by atoms with Gasteiger partial charge in [-0.3, -0.25) is 20.1 Å². The van der Waals surface area contributed by atoms with Gasteiger partial charge in [-0.25, -0.2) is 5.01 Å². The molecule has 1 aliphatic heterocycles. The Morgan fingerprint density at radius 1 is 1.52 bits per heavy atom. The van der Waals surface area contributed by atoms with Crippen molar-refractivity contribution in [1.29, 1.82) is 0 Å². The molecule has 3 N–H and O–H groups in total. The summed E-state index contributed by atoms with van der Waals surface area (Å²) in [6.07, 6.45) is 0.